The lowest BCUT2D eigenvalue weighted by atomic mass is 10.0. The summed E-state index contributed by atoms with van der Waals surface area (Å²) in [5, 5.41) is 0. The van der Waals surface area contributed by atoms with Crippen LogP contribution in [0.4, 0.5) is 0 Å². The summed E-state index contributed by atoms with van der Waals surface area (Å²) in [5.74, 6) is -0.901. The van der Waals surface area contributed by atoms with E-state index in [1.165, 1.54) is 116 Å². The maximum Gasteiger partial charge on any atom is 0.306 e. The van der Waals surface area contributed by atoms with Gasteiger partial charge in [0.15, 0.2) is 6.10 Å². The molecule has 1 atom stereocenters. The minimum Gasteiger partial charge on any atom is -0.462 e. The highest BCUT2D eigenvalue weighted by atomic mass is 16.6. The van der Waals surface area contributed by atoms with Gasteiger partial charge in [-0.3, -0.25) is 14.4 Å². The molecule has 0 saturated heterocycles. The molecule has 0 amide bonds. The highest BCUT2D eigenvalue weighted by molar-refractivity contribution is 5.71. The van der Waals surface area contributed by atoms with Crippen molar-refractivity contribution in [3.05, 3.63) is 134 Å². The molecule has 0 radical (unpaired) electrons. The van der Waals surface area contributed by atoms with E-state index in [1.54, 1.807) is 0 Å². The Kier molecular flexibility index (Phi) is 63.3. The second-order valence-corrected chi connectivity index (χ2v) is 21.6. The number of hydrogen-bond acceptors (Lipinski definition) is 6. The second-order valence-electron chi connectivity index (χ2n) is 21.6. The van der Waals surface area contributed by atoms with Gasteiger partial charge in [0.2, 0.25) is 0 Å². The number of unbranched alkanes of at least 4 members (excludes halogenated alkanes) is 26. The summed E-state index contributed by atoms with van der Waals surface area (Å²) in [5.41, 5.74) is 0. The third-order valence-electron chi connectivity index (χ3n) is 13.9. The summed E-state index contributed by atoms with van der Waals surface area (Å²) in [4.78, 5) is 38.4. The summed E-state index contributed by atoms with van der Waals surface area (Å²) in [6.45, 7) is 6.41. The third kappa shape index (κ3) is 64.4. The molecular weight excluding hydrogens is 985 g/mol. The van der Waals surface area contributed by atoms with Crippen molar-refractivity contribution in [1.82, 2.24) is 0 Å². The zero-order valence-electron chi connectivity index (χ0n) is 52.0. The van der Waals surface area contributed by atoms with Crippen molar-refractivity contribution in [2.24, 2.45) is 0 Å². The minimum atomic E-state index is -0.792. The van der Waals surface area contributed by atoms with Crippen LogP contribution < -0.4 is 0 Å². The average Bonchev–Trinajstić information content (AvgIpc) is 3.46. The predicted octanol–water partition coefficient (Wildman–Crippen LogP) is 22.9. The molecule has 0 aliphatic carbocycles. The normalized spacial score (nSPS) is 13.0. The van der Waals surface area contributed by atoms with Crippen molar-refractivity contribution in [1.29, 1.82) is 0 Å². The number of allylic oxidation sites excluding steroid dienone is 22. The summed E-state index contributed by atoms with van der Waals surface area (Å²) in [6.07, 6.45) is 94.5. The number of rotatable bonds is 59. The molecule has 0 N–H and O–H groups in total. The Morgan fingerprint density at radius 1 is 0.263 bits per heavy atom. The van der Waals surface area contributed by atoms with Crippen LogP contribution in [0, 0.1) is 0 Å². The van der Waals surface area contributed by atoms with Crippen molar-refractivity contribution in [3.63, 3.8) is 0 Å². The molecule has 0 aromatic carbocycles. The lowest BCUT2D eigenvalue weighted by Crippen LogP contribution is -2.30. The standard InChI is InChI=1S/C74H122O6/c1-4-7-10-13-16-19-22-25-27-29-31-33-35-36-37-38-40-41-43-45-47-49-52-55-58-61-64-67-73(76)79-70-71(69-78-72(75)66-63-60-57-54-51-24-21-18-15-12-9-6-3)80-74(77)68-65-62-59-56-53-50-48-46-44-42-39-34-32-30-28-26-23-20-17-14-11-8-5-2/h7-8,10-11,16-17,19-20,25-28,31-34,36-37,40-42,44,71H,4-6,9,12-15,18,21-24,29-30,35,38-39,43,45-70H2,1-3H3/b10-7-,11-8-,19-16-,20-17-,27-25-,28-26-,33-31-,34-32-,37-36-,41-40-,44-42-. The van der Waals surface area contributed by atoms with Crippen LogP contribution in [-0.4, -0.2) is 37.2 Å². The van der Waals surface area contributed by atoms with Crippen molar-refractivity contribution in [2.45, 2.75) is 303 Å². The fraction of sp³-hybridized carbons (Fsp3) is 0.662. The van der Waals surface area contributed by atoms with Crippen molar-refractivity contribution in [2.75, 3.05) is 13.2 Å². The molecule has 0 fully saturated rings. The van der Waals surface area contributed by atoms with Gasteiger partial charge < -0.3 is 14.2 Å². The maximum atomic E-state index is 12.9. The SMILES string of the molecule is CC/C=C\C/C=C\C/C=C\C/C=C\C/C=C\C/C=C\CCCCCCCCCCC(=O)OCC(COC(=O)CCCCCCCCCCCCCC)OC(=O)CCCCCCCCC/C=C\C/C=C\C/C=C\C/C=C\C/C=C\CC. The van der Waals surface area contributed by atoms with Crippen LogP contribution in [0.5, 0.6) is 0 Å². The first kappa shape index (κ1) is 75.5. The number of esters is 3. The monoisotopic (exact) mass is 1110 g/mol. The first-order chi connectivity index (χ1) is 39.5. The molecule has 6 heteroatoms. The van der Waals surface area contributed by atoms with Crippen LogP contribution in [0.2, 0.25) is 0 Å². The number of carbonyl (C=O) groups excluding carboxylic acids is 3. The van der Waals surface area contributed by atoms with Gasteiger partial charge in [0, 0.05) is 19.3 Å². The Bertz CT molecular complexity index is 1700. The second kappa shape index (κ2) is 67.1. The van der Waals surface area contributed by atoms with Gasteiger partial charge in [-0.15, -0.1) is 0 Å². The quantitative estimate of drug-likeness (QED) is 0.0261. The Morgan fingerprint density at radius 3 is 0.762 bits per heavy atom. The molecule has 0 bridgehead atoms. The van der Waals surface area contributed by atoms with Crippen LogP contribution in [0.3, 0.4) is 0 Å². The average molecular weight is 1110 g/mol. The summed E-state index contributed by atoms with van der Waals surface area (Å²) < 4.78 is 16.9. The van der Waals surface area contributed by atoms with E-state index >= 15 is 0 Å². The van der Waals surface area contributed by atoms with E-state index in [1.807, 2.05) is 0 Å². The topological polar surface area (TPSA) is 78.9 Å². The van der Waals surface area contributed by atoms with E-state index in [-0.39, 0.29) is 31.1 Å². The highest BCUT2D eigenvalue weighted by Gasteiger charge is 2.19. The molecule has 454 valence electrons. The summed E-state index contributed by atoms with van der Waals surface area (Å²) in [6, 6.07) is 0. The Morgan fingerprint density at radius 2 is 0.487 bits per heavy atom. The first-order valence-electron chi connectivity index (χ1n) is 33.2. The van der Waals surface area contributed by atoms with Crippen LogP contribution >= 0.6 is 0 Å². The molecule has 0 aromatic rings. The van der Waals surface area contributed by atoms with Gasteiger partial charge in [0.1, 0.15) is 13.2 Å². The lowest BCUT2D eigenvalue weighted by molar-refractivity contribution is -0.167. The summed E-state index contributed by atoms with van der Waals surface area (Å²) >= 11 is 0. The van der Waals surface area contributed by atoms with Gasteiger partial charge in [-0.2, -0.15) is 0 Å². The molecule has 0 aliphatic rings. The highest BCUT2D eigenvalue weighted by Crippen LogP contribution is 2.16. The summed E-state index contributed by atoms with van der Waals surface area (Å²) in [7, 11) is 0. The molecule has 0 saturated carbocycles. The predicted molar refractivity (Wildman–Crippen MR) is 348 cm³/mol. The largest absolute Gasteiger partial charge is 0.462 e. The number of ether oxygens (including phenoxy) is 3. The first-order valence-corrected chi connectivity index (χ1v) is 33.2. The van der Waals surface area contributed by atoms with E-state index in [0.717, 1.165) is 141 Å². The van der Waals surface area contributed by atoms with Gasteiger partial charge in [-0.05, 0) is 116 Å². The lowest BCUT2D eigenvalue weighted by Gasteiger charge is -2.18. The van der Waals surface area contributed by atoms with E-state index in [2.05, 4.69) is 154 Å². The smallest absolute Gasteiger partial charge is 0.306 e. The number of hydrogen-bond donors (Lipinski definition) is 0. The molecule has 6 nitrogen and oxygen atoms in total. The van der Waals surface area contributed by atoms with Gasteiger partial charge in [-0.1, -0.05) is 296 Å². The Labute approximate surface area is 494 Å². The van der Waals surface area contributed by atoms with Crippen LogP contribution in [0.15, 0.2) is 134 Å². The molecule has 0 heterocycles. The van der Waals surface area contributed by atoms with E-state index in [0.29, 0.717) is 19.3 Å². The fourth-order valence-corrected chi connectivity index (χ4v) is 9.00. The fourth-order valence-electron chi connectivity index (χ4n) is 9.00. The molecule has 0 rings (SSSR count). The Hall–Kier alpha value is -4.45. The van der Waals surface area contributed by atoms with E-state index < -0.39 is 6.10 Å². The van der Waals surface area contributed by atoms with Gasteiger partial charge >= 0.3 is 17.9 Å². The molecule has 1 unspecified atom stereocenters. The van der Waals surface area contributed by atoms with Gasteiger partial charge in [0.05, 0.1) is 0 Å². The van der Waals surface area contributed by atoms with Crippen molar-refractivity contribution in [3.8, 4) is 0 Å². The zero-order chi connectivity index (χ0) is 57.8. The van der Waals surface area contributed by atoms with Crippen molar-refractivity contribution < 1.29 is 28.6 Å². The minimum absolute atomic E-state index is 0.0862. The van der Waals surface area contributed by atoms with Crippen LogP contribution in [-0.2, 0) is 28.6 Å². The molecular formula is C74H122O6. The molecule has 0 spiro atoms. The molecule has 80 heavy (non-hydrogen) atoms. The Balaban J connectivity index is 4.36. The van der Waals surface area contributed by atoms with E-state index in [9.17, 15) is 14.4 Å². The molecule has 0 aliphatic heterocycles. The third-order valence-corrected chi connectivity index (χ3v) is 13.9. The zero-order valence-corrected chi connectivity index (χ0v) is 52.0. The number of carbonyl (C=O) groups is 3. The maximum absolute atomic E-state index is 12.9. The van der Waals surface area contributed by atoms with E-state index in [4.69, 9.17) is 14.2 Å². The van der Waals surface area contributed by atoms with Gasteiger partial charge in [-0.25, -0.2) is 0 Å². The van der Waals surface area contributed by atoms with Crippen molar-refractivity contribution >= 4 is 17.9 Å². The molecule has 0 aromatic heterocycles. The van der Waals surface area contributed by atoms with Crippen LogP contribution in [0.25, 0.3) is 0 Å². The van der Waals surface area contributed by atoms with Crippen LogP contribution in [0.1, 0.15) is 297 Å². The van der Waals surface area contributed by atoms with Gasteiger partial charge in [0.25, 0.3) is 0 Å².